The first-order valence-electron chi connectivity index (χ1n) is 7.15. The predicted octanol–water partition coefficient (Wildman–Crippen LogP) is 3.95. The molecule has 0 saturated carbocycles. The minimum atomic E-state index is -4.66. The number of nitriles is 1. The van der Waals surface area contributed by atoms with Gasteiger partial charge in [0.25, 0.3) is 5.91 Å². The Hall–Kier alpha value is -3.60. The van der Waals surface area contributed by atoms with Crippen molar-refractivity contribution in [2.45, 2.75) is 6.18 Å². The molecule has 0 unspecified atom stereocenters. The summed E-state index contributed by atoms with van der Waals surface area (Å²) < 4.78 is 38.9. The second kappa shape index (κ2) is 7.53. The van der Waals surface area contributed by atoms with Crippen molar-refractivity contribution in [2.75, 3.05) is 5.32 Å². The lowest BCUT2D eigenvalue weighted by Gasteiger charge is -2.13. The molecule has 0 fully saturated rings. The van der Waals surface area contributed by atoms with Crippen LogP contribution in [-0.4, -0.2) is 17.0 Å². The van der Waals surface area contributed by atoms with Crippen LogP contribution in [0.25, 0.3) is 6.08 Å². The van der Waals surface area contributed by atoms with Gasteiger partial charge in [-0.05, 0) is 35.9 Å². The van der Waals surface area contributed by atoms with Crippen LogP contribution in [0.15, 0.2) is 54.1 Å². The minimum Gasteiger partial charge on any atom is -0.478 e. The smallest absolute Gasteiger partial charge is 0.418 e. The summed E-state index contributed by atoms with van der Waals surface area (Å²) in [7, 11) is 0. The van der Waals surface area contributed by atoms with E-state index in [9.17, 15) is 22.8 Å². The van der Waals surface area contributed by atoms with Gasteiger partial charge in [-0.2, -0.15) is 18.4 Å². The van der Waals surface area contributed by atoms with Crippen molar-refractivity contribution < 1.29 is 27.9 Å². The van der Waals surface area contributed by atoms with E-state index in [2.05, 4.69) is 5.32 Å². The largest absolute Gasteiger partial charge is 0.478 e. The molecule has 132 valence electrons. The summed E-state index contributed by atoms with van der Waals surface area (Å²) in [5, 5.41) is 20.0. The van der Waals surface area contributed by atoms with Crippen LogP contribution in [0.4, 0.5) is 18.9 Å². The van der Waals surface area contributed by atoms with E-state index in [4.69, 9.17) is 10.4 Å². The number of carboxylic acid groups (broad SMARTS) is 1. The lowest BCUT2D eigenvalue weighted by Crippen LogP contribution is -2.17. The molecule has 0 spiro atoms. The monoisotopic (exact) mass is 360 g/mol. The van der Waals surface area contributed by atoms with E-state index in [1.54, 1.807) is 6.07 Å². The van der Waals surface area contributed by atoms with E-state index in [1.165, 1.54) is 36.4 Å². The second-order valence-electron chi connectivity index (χ2n) is 5.09. The molecule has 8 heteroatoms. The van der Waals surface area contributed by atoms with Crippen molar-refractivity contribution in [3.63, 3.8) is 0 Å². The molecule has 0 atom stereocenters. The van der Waals surface area contributed by atoms with Crippen molar-refractivity contribution in [1.29, 1.82) is 5.26 Å². The standard InChI is InChI=1S/C18H11F3N2O3/c19-18(20,21)14-3-1-2-4-15(14)23-16(24)13(10-22)9-11-5-7-12(8-6-11)17(25)26/h1-9H,(H,23,24)(H,25,26)/b13-9+. The van der Waals surface area contributed by atoms with Crippen LogP contribution in [0.2, 0.25) is 0 Å². The van der Waals surface area contributed by atoms with Gasteiger partial charge in [0.1, 0.15) is 11.6 Å². The lowest BCUT2D eigenvalue weighted by molar-refractivity contribution is -0.137. The van der Waals surface area contributed by atoms with Gasteiger partial charge in [0.2, 0.25) is 0 Å². The fourth-order valence-electron chi connectivity index (χ4n) is 2.07. The normalized spacial score (nSPS) is 11.5. The zero-order valence-corrected chi connectivity index (χ0v) is 13.0. The third kappa shape index (κ3) is 4.48. The maximum Gasteiger partial charge on any atom is 0.418 e. The number of hydrogen-bond acceptors (Lipinski definition) is 3. The molecule has 0 aliphatic carbocycles. The summed E-state index contributed by atoms with van der Waals surface area (Å²) in [4.78, 5) is 22.9. The molecule has 2 aromatic carbocycles. The Morgan fingerprint density at radius 1 is 1.08 bits per heavy atom. The number of para-hydroxylation sites is 1. The van der Waals surface area contributed by atoms with E-state index in [-0.39, 0.29) is 5.56 Å². The van der Waals surface area contributed by atoms with E-state index in [0.29, 0.717) is 5.56 Å². The van der Waals surface area contributed by atoms with Crippen molar-refractivity contribution in [1.82, 2.24) is 0 Å². The number of amides is 1. The van der Waals surface area contributed by atoms with Gasteiger partial charge in [-0.15, -0.1) is 0 Å². The highest BCUT2D eigenvalue weighted by atomic mass is 19.4. The van der Waals surface area contributed by atoms with Gasteiger partial charge in [-0.1, -0.05) is 24.3 Å². The number of rotatable bonds is 4. The van der Waals surface area contributed by atoms with Gasteiger partial charge in [-0.3, -0.25) is 4.79 Å². The number of aromatic carboxylic acids is 1. The Bertz CT molecular complexity index is 911. The summed E-state index contributed by atoms with van der Waals surface area (Å²) in [5.74, 6) is -2.14. The Labute approximate surface area is 146 Å². The topological polar surface area (TPSA) is 90.2 Å². The second-order valence-corrected chi connectivity index (χ2v) is 5.09. The van der Waals surface area contributed by atoms with Crippen molar-refractivity contribution in [2.24, 2.45) is 0 Å². The third-order valence-corrected chi connectivity index (χ3v) is 3.31. The number of alkyl halides is 3. The number of hydrogen-bond donors (Lipinski definition) is 2. The zero-order chi connectivity index (χ0) is 19.3. The molecule has 0 radical (unpaired) electrons. The van der Waals surface area contributed by atoms with Gasteiger partial charge in [0.05, 0.1) is 16.8 Å². The molecule has 0 bridgehead atoms. The van der Waals surface area contributed by atoms with Crippen molar-refractivity contribution in [3.8, 4) is 6.07 Å². The number of carboxylic acids is 1. The zero-order valence-electron chi connectivity index (χ0n) is 13.0. The Morgan fingerprint density at radius 3 is 2.23 bits per heavy atom. The Balaban J connectivity index is 2.28. The van der Waals surface area contributed by atoms with Crippen molar-refractivity contribution in [3.05, 3.63) is 70.8 Å². The van der Waals surface area contributed by atoms with Crippen LogP contribution < -0.4 is 5.32 Å². The number of anilines is 1. The number of nitrogens with one attached hydrogen (secondary N) is 1. The summed E-state index contributed by atoms with van der Waals surface area (Å²) >= 11 is 0. The molecule has 0 heterocycles. The highest BCUT2D eigenvalue weighted by Crippen LogP contribution is 2.34. The summed E-state index contributed by atoms with van der Waals surface area (Å²) in [6.07, 6.45) is -3.51. The van der Waals surface area contributed by atoms with E-state index in [1.807, 2.05) is 0 Å². The van der Waals surface area contributed by atoms with E-state index < -0.39 is 34.9 Å². The maximum atomic E-state index is 13.0. The highest BCUT2D eigenvalue weighted by molar-refractivity contribution is 6.10. The molecule has 5 nitrogen and oxygen atoms in total. The first kappa shape index (κ1) is 18.7. The predicted molar refractivity (Wildman–Crippen MR) is 87.1 cm³/mol. The molecular formula is C18H11F3N2O3. The van der Waals surface area contributed by atoms with E-state index >= 15 is 0 Å². The highest BCUT2D eigenvalue weighted by Gasteiger charge is 2.33. The van der Waals surface area contributed by atoms with Crippen LogP contribution in [0.1, 0.15) is 21.5 Å². The van der Waals surface area contributed by atoms with Gasteiger partial charge < -0.3 is 10.4 Å². The summed E-state index contributed by atoms with van der Waals surface area (Å²) in [6, 6.07) is 11.3. The number of carbonyl (C=O) groups excluding carboxylic acids is 1. The molecule has 26 heavy (non-hydrogen) atoms. The van der Waals surface area contributed by atoms with Crippen LogP contribution in [-0.2, 0) is 11.0 Å². The molecule has 1 amide bonds. The first-order valence-corrected chi connectivity index (χ1v) is 7.15. The molecule has 0 aliphatic heterocycles. The van der Waals surface area contributed by atoms with Gasteiger partial charge in [0.15, 0.2) is 0 Å². The van der Waals surface area contributed by atoms with Crippen LogP contribution in [0, 0.1) is 11.3 Å². The molecular weight excluding hydrogens is 349 g/mol. The molecule has 2 rings (SSSR count). The molecule has 0 aliphatic rings. The third-order valence-electron chi connectivity index (χ3n) is 3.31. The fraction of sp³-hybridized carbons (Fsp3) is 0.0556. The quantitative estimate of drug-likeness (QED) is 0.638. The fourth-order valence-corrected chi connectivity index (χ4v) is 2.07. The number of nitrogens with zero attached hydrogens (tertiary/aromatic N) is 1. The summed E-state index contributed by atoms with van der Waals surface area (Å²) in [6.45, 7) is 0. The first-order chi connectivity index (χ1) is 12.2. The average molecular weight is 360 g/mol. The number of carbonyl (C=O) groups is 2. The van der Waals surface area contributed by atoms with Gasteiger partial charge in [0, 0.05) is 0 Å². The molecule has 0 aromatic heterocycles. The van der Waals surface area contributed by atoms with Gasteiger partial charge in [-0.25, -0.2) is 4.79 Å². The molecule has 0 saturated heterocycles. The SMILES string of the molecule is N#C/C(=C\c1ccc(C(=O)O)cc1)C(=O)Nc1ccccc1C(F)(F)F. The van der Waals surface area contributed by atoms with Gasteiger partial charge >= 0.3 is 12.1 Å². The van der Waals surface area contributed by atoms with Crippen LogP contribution in [0.3, 0.4) is 0 Å². The number of benzene rings is 2. The minimum absolute atomic E-state index is 0.0178. The van der Waals surface area contributed by atoms with E-state index in [0.717, 1.165) is 18.2 Å². The molecule has 2 N–H and O–H groups in total. The summed E-state index contributed by atoms with van der Waals surface area (Å²) in [5.41, 5.74) is -1.55. The maximum absolute atomic E-state index is 13.0. The number of halogens is 3. The Kier molecular flexibility index (Phi) is 5.42. The Morgan fingerprint density at radius 2 is 1.69 bits per heavy atom. The molecule has 2 aromatic rings. The van der Waals surface area contributed by atoms with Crippen LogP contribution >= 0.6 is 0 Å². The van der Waals surface area contributed by atoms with Crippen molar-refractivity contribution >= 4 is 23.6 Å². The average Bonchev–Trinajstić information content (AvgIpc) is 2.59. The lowest BCUT2D eigenvalue weighted by atomic mass is 10.1. The van der Waals surface area contributed by atoms with Crippen LogP contribution in [0.5, 0.6) is 0 Å².